The summed E-state index contributed by atoms with van der Waals surface area (Å²) in [7, 11) is -1.44. The summed E-state index contributed by atoms with van der Waals surface area (Å²) in [6.45, 7) is 20.0. The molecule has 0 aliphatic heterocycles. The molecule has 0 amide bonds. The number of aliphatic hydroxyl groups is 1. The molecule has 0 fully saturated rings. The fraction of sp³-hybridized carbons (Fsp3) is 0.432. The topological polar surface area (TPSA) is 63.1 Å². The Kier molecular flexibility index (Phi) is 11.3. The second-order valence-electron chi connectivity index (χ2n) is 13.1. The standard InChI is InChI=1S/C24H23N2Si.C13H24O2.Ir/c1-24(2)19-14-16(27(3,4)5)13-15-10-12-26-23(21(15)19)18-8-9-20-17(22(18)24)7-6-11-25-20;1-5-10(6-2)12(14)9-13(15)11(7-3)8-4;/h6-7,9-14H,1-5H3;9-11,14H,5-8H2,1-4H3;/q-1;;/b;12-9-;. The number of fused-ring (bicyclic) bond motifs is 4. The van der Waals surface area contributed by atoms with Gasteiger partial charge < -0.3 is 15.1 Å². The van der Waals surface area contributed by atoms with Crippen LogP contribution in [0.2, 0.25) is 19.6 Å². The van der Waals surface area contributed by atoms with Gasteiger partial charge in [0.25, 0.3) is 0 Å². The molecule has 4 nitrogen and oxygen atoms in total. The average Bonchev–Trinajstić information content (AvgIpc) is 2.96. The molecule has 5 rings (SSSR count). The van der Waals surface area contributed by atoms with Crippen molar-refractivity contribution in [1.82, 2.24) is 9.97 Å². The maximum absolute atomic E-state index is 11.7. The molecular formula is C37H47IrN2O2Si-. The van der Waals surface area contributed by atoms with Crippen LogP contribution in [0.1, 0.15) is 78.4 Å². The Morgan fingerprint density at radius 1 is 0.977 bits per heavy atom. The van der Waals surface area contributed by atoms with Crippen LogP contribution in [0.4, 0.5) is 0 Å². The van der Waals surface area contributed by atoms with E-state index in [0.29, 0.717) is 0 Å². The summed E-state index contributed by atoms with van der Waals surface area (Å²) >= 11 is 0. The van der Waals surface area contributed by atoms with Crippen molar-refractivity contribution in [2.75, 3.05) is 0 Å². The summed E-state index contributed by atoms with van der Waals surface area (Å²) in [6, 6.07) is 16.7. The first kappa shape index (κ1) is 34.8. The number of carbonyl (C=O) groups excluding carboxylic acids is 1. The van der Waals surface area contributed by atoms with Crippen LogP contribution in [-0.2, 0) is 30.3 Å². The molecule has 6 heteroatoms. The fourth-order valence-electron chi connectivity index (χ4n) is 6.27. The summed E-state index contributed by atoms with van der Waals surface area (Å²) in [4.78, 5) is 21.1. The van der Waals surface area contributed by atoms with Crippen molar-refractivity contribution in [3.8, 4) is 11.3 Å². The van der Waals surface area contributed by atoms with Gasteiger partial charge in [-0.3, -0.25) is 4.79 Å². The first-order valence-corrected chi connectivity index (χ1v) is 19.1. The van der Waals surface area contributed by atoms with Crippen LogP contribution in [0.15, 0.2) is 60.6 Å². The zero-order valence-electron chi connectivity index (χ0n) is 27.3. The van der Waals surface area contributed by atoms with E-state index in [2.05, 4.69) is 68.8 Å². The largest absolute Gasteiger partial charge is 0.512 e. The number of ketones is 1. The smallest absolute Gasteiger partial charge is 0.162 e. The van der Waals surface area contributed by atoms with Crippen LogP contribution in [0.25, 0.3) is 32.9 Å². The van der Waals surface area contributed by atoms with Gasteiger partial charge in [-0.25, -0.2) is 0 Å². The van der Waals surface area contributed by atoms with Gasteiger partial charge in [-0.1, -0.05) is 90.0 Å². The van der Waals surface area contributed by atoms with Crippen molar-refractivity contribution < 1.29 is 30.0 Å². The van der Waals surface area contributed by atoms with Crippen LogP contribution in [0, 0.1) is 17.9 Å². The van der Waals surface area contributed by atoms with E-state index in [9.17, 15) is 9.90 Å². The van der Waals surface area contributed by atoms with Gasteiger partial charge >= 0.3 is 0 Å². The van der Waals surface area contributed by atoms with E-state index >= 15 is 0 Å². The summed E-state index contributed by atoms with van der Waals surface area (Å²) in [5, 5.41) is 15.1. The monoisotopic (exact) mass is 772 g/mol. The van der Waals surface area contributed by atoms with Crippen LogP contribution < -0.4 is 5.19 Å². The molecule has 1 aliphatic carbocycles. The molecule has 2 aromatic heterocycles. The third kappa shape index (κ3) is 6.87. The number of allylic oxidation sites excluding steroid dienone is 2. The molecule has 231 valence electrons. The molecule has 0 saturated heterocycles. The SMILES string of the molecule is CC1(C)c2c([c-]cc3ncccc23)-c2nccc3cc([Si](C)(C)C)cc1c23.CCC(CC)C(=O)/C=C(\O)C(CC)CC.[Ir]. The number of pyridine rings is 2. The van der Waals surface area contributed by atoms with E-state index in [-0.39, 0.29) is 48.9 Å². The number of benzene rings is 2. The zero-order valence-corrected chi connectivity index (χ0v) is 30.7. The normalized spacial score (nSPS) is 13.9. The number of hydrogen-bond acceptors (Lipinski definition) is 4. The van der Waals surface area contributed by atoms with E-state index in [0.717, 1.165) is 42.5 Å². The van der Waals surface area contributed by atoms with Gasteiger partial charge in [-0.05, 0) is 70.8 Å². The van der Waals surface area contributed by atoms with Crippen molar-refractivity contribution >= 4 is 40.7 Å². The molecule has 0 unspecified atom stereocenters. The van der Waals surface area contributed by atoms with Gasteiger partial charge in [0.2, 0.25) is 0 Å². The van der Waals surface area contributed by atoms with E-state index in [1.54, 1.807) is 0 Å². The Balaban J connectivity index is 0.000000274. The van der Waals surface area contributed by atoms with Crippen LogP contribution in [0.3, 0.4) is 0 Å². The molecule has 43 heavy (non-hydrogen) atoms. The second-order valence-corrected chi connectivity index (χ2v) is 18.2. The molecule has 4 aromatic rings. The van der Waals surface area contributed by atoms with Crippen LogP contribution >= 0.6 is 0 Å². The third-order valence-corrected chi connectivity index (χ3v) is 11.1. The van der Waals surface area contributed by atoms with Crippen LogP contribution in [0.5, 0.6) is 0 Å². The fourth-order valence-corrected chi connectivity index (χ4v) is 7.44. The van der Waals surface area contributed by atoms with Gasteiger partial charge in [0.15, 0.2) is 5.78 Å². The van der Waals surface area contributed by atoms with Gasteiger partial charge in [0.1, 0.15) is 0 Å². The molecule has 0 saturated carbocycles. The number of nitrogens with zero attached hydrogens (tertiary/aromatic N) is 2. The van der Waals surface area contributed by atoms with E-state index < -0.39 is 8.07 Å². The van der Waals surface area contributed by atoms with Gasteiger partial charge in [0.05, 0.1) is 13.8 Å². The van der Waals surface area contributed by atoms with Gasteiger partial charge in [0, 0.05) is 50.4 Å². The minimum atomic E-state index is -1.44. The van der Waals surface area contributed by atoms with Crippen molar-refractivity contribution in [3.05, 3.63) is 77.8 Å². The van der Waals surface area contributed by atoms with E-state index in [1.807, 2.05) is 52.2 Å². The first-order valence-electron chi connectivity index (χ1n) is 15.6. The van der Waals surface area contributed by atoms with Crippen LogP contribution in [-0.4, -0.2) is 28.9 Å². The Bertz CT molecular complexity index is 1630. The molecular weight excluding hydrogens is 725 g/mol. The number of rotatable bonds is 8. The van der Waals surface area contributed by atoms with E-state index in [1.165, 1.54) is 38.5 Å². The Hall–Kier alpha value is -2.66. The van der Waals surface area contributed by atoms with Crippen molar-refractivity contribution in [2.24, 2.45) is 11.8 Å². The molecule has 2 aromatic carbocycles. The first-order chi connectivity index (χ1) is 19.9. The molecule has 0 bridgehead atoms. The molecule has 0 spiro atoms. The van der Waals surface area contributed by atoms with E-state index in [4.69, 9.17) is 4.98 Å². The second kappa shape index (κ2) is 14.0. The maximum Gasteiger partial charge on any atom is 0.162 e. The Labute approximate surface area is 272 Å². The summed E-state index contributed by atoms with van der Waals surface area (Å²) in [6.07, 6.45) is 8.71. The number of aromatic nitrogens is 2. The predicted molar refractivity (Wildman–Crippen MR) is 180 cm³/mol. The quantitative estimate of drug-likeness (QED) is 0.0840. The van der Waals surface area contributed by atoms with Crippen molar-refractivity contribution in [3.63, 3.8) is 0 Å². The molecule has 1 N–H and O–H groups in total. The molecule has 2 heterocycles. The minimum Gasteiger partial charge on any atom is -0.512 e. The Morgan fingerprint density at radius 3 is 2.23 bits per heavy atom. The average molecular weight is 772 g/mol. The summed E-state index contributed by atoms with van der Waals surface area (Å²) < 4.78 is 0. The predicted octanol–water partition coefficient (Wildman–Crippen LogP) is 9.30. The number of hydrogen-bond donors (Lipinski definition) is 1. The zero-order chi connectivity index (χ0) is 30.8. The summed E-state index contributed by atoms with van der Waals surface area (Å²) in [5.74, 6) is 0.547. The molecule has 0 atom stereocenters. The molecule has 1 radical (unpaired) electrons. The number of aliphatic hydroxyl groups excluding tert-OH is 1. The minimum absolute atomic E-state index is 0. The number of carbonyl (C=O) groups is 1. The van der Waals surface area contributed by atoms with Gasteiger partial charge in [-0.15, -0.1) is 23.3 Å². The maximum atomic E-state index is 11.7. The third-order valence-electron chi connectivity index (χ3n) is 9.06. The van der Waals surface area contributed by atoms with Crippen molar-refractivity contribution in [2.45, 2.75) is 92.3 Å². The summed E-state index contributed by atoms with van der Waals surface area (Å²) in [5.41, 5.74) is 5.75. The van der Waals surface area contributed by atoms with Crippen molar-refractivity contribution in [1.29, 1.82) is 0 Å². The Morgan fingerprint density at radius 2 is 1.63 bits per heavy atom. The van der Waals surface area contributed by atoms with Gasteiger partial charge in [-0.2, -0.15) is 0 Å². The molecule has 1 aliphatic rings.